The van der Waals surface area contributed by atoms with E-state index in [0.717, 1.165) is 0 Å². The summed E-state index contributed by atoms with van der Waals surface area (Å²) in [5, 5.41) is 8.70. The summed E-state index contributed by atoms with van der Waals surface area (Å²) in [4.78, 5) is 0. The summed E-state index contributed by atoms with van der Waals surface area (Å²) in [6, 6.07) is 0. The first-order chi connectivity index (χ1) is 5.43. The highest BCUT2D eigenvalue weighted by Crippen LogP contribution is 2.20. The summed E-state index contributed by atoms with van der Waals surface area (Å²) in [6.45, 7) is 0.231. The van der Waals surface area contributed by atoms with Gasteiger partial charge in [0, 0.05) is 0 Å². The van der Waals surface area contributed by atoms with E-state index < -0.39 is 0 Å². The fraction of sp³-hybridized carbons (Fsp3) is 0.800. The molecular formula is C10H18O. The van der Waals surface area contributed by atoms with Crippen LogP contribution in [-0.2, 0) is 0 Å². The van der Waals surface area contributed by atoms with E-state index in [4.69, 9.17) is 5.11 Å². The van der Waals surface area contributed by atoms with Gasteiger partial charge in [0.15, 0.2) is 0 Å². The molecule has 0 spiro atoms. The van der Waals surface area contributed by atoms with Crippen molar-refractivity contribution in [3.05, 3.63) is 11.6 Å². The van der Waals surface area contributed by atoms with Crippen LogP contribution in [0, 0.1) is 0 Å². The van der Waals surface area contributed by atoms with E-state index in [1.165, 1.54) is 50.5 Å². The van der Waals surface area contributed by atoms with Gasteiger partial charge in [-0.15, -0.1) is 0 Å². The van der Waals surface area contributed by atoms with E-state index in [1.807, 2.05) is 6.08 Å². The predicted octanol–water partition coefficient (Wildman–Crippen LogP) is 2.65. The van der Waals surface area contributed by atoms with Gasteiger partial charge in [0.2, 0.25) is 0 Å². The molecule has 0 aromatic rings. The molecule has 11 heavy (non-hydrogen) atoms. The van der Waals surface area contributed by atoms with Gasteiger partial charge < -0.3 is 5.11 Å². The second kappa shape index (κ2) is 5.36. The van der Waals surface area contributed by atoms with Crippen LogP contribution in [0.4, 0.5) is 0 Å². The molecule has 1 N–H and O–H groups in total. The molecule has 0 unspecified atom stereocenters. The van der Waals surface area contributed by atoms with Crippen LogP contribution in [0.15, 0.2) is 11.6 Å². The van der Waals surface area contributed by atoms with Gasteiger partial charge in [-0.3, -0.25) is 0 Å². The van der Waals surface area contributed by atoms with E-state index in [-0.39, 0.29) is 6.61 Å². The van der Waals surface area contributed by atoms with Gasteiger partial charge in [0.25, 0.3) is 0 Å². The first kappa shape index (κ1) is 8.79. The lowest BCUT2D eigenvalue weighted by Gasteiger charge is -2.11. The van der Waals surface area contributed by atoms with Crippen LogP contribution in [0.25, 0.3) is 0 Å². The first-order valence-electron chi connectivity index (χ1n) is 4.72. The molecule has 0 aliphatic heterocycles. The Labute approximate surface area is 69.1 Å². The summed E-state index contributed by atoms with van der Waals surface area (Å²) in [5.74, 6) is 0. The molecule has 0 atom stereocenters. The molecule has 0 aromatic carbocycles. The maximum atomic E-state index is 8.70. The largest absolute Gasteiger partial charge is 0.392 e. The lowest BCUT2D eigenvalue weighted by molar-refractivity contribution is 0.340. The monoisotopic (exact) mass is 154 g/mol. The molecule has 1 aliphatic rings. The number of hydrogen-bond acceptors (Lipinski definition) is 1. The average molecular weight is 154 g/mol. The zero-order valence-corrected chi connectivity index (χ0v) is 7.18. The smallest absolute Gasteiger partial charge is 0.0615 e. The zero-order chi connectivity index (χ0) is 7.94. The number of rotatable bonds is 1. The molecule has 1 saturated carbocycles. The van der Waals surface area contributed by atoms with Crippen molar-refractivity contribution in [2.75, 3.05) is 6.61 Å². The average Bonchev–Trinajstić information content (AvgIpc) is 1.94. The zero-order valence-electron chi connectivity index (χ0n) is 7.18. The predicted molar refractivity (Wildman–Crippen MR) is 47.5 cm³/mol. The fourth-order valence-electron chi connectivity index (χ4n) is 1.69. The Morgan fingerprint density at radius 3 is 2.09 bits per heavy atom. The van der Waals surface area contributed by atoms with Crippen LogP contribution in [0.3, 0.4) is 0 Å². The Balaban J connectivity index is 2.31. The number of aliphatic hydroxyl groups excluding tert-OH is 1. The number of allylic oxidation sites excluding steroid dienone is 1. The van der Waals surface area contributed by atoms with E-state index in [1.54, 1.807) is 0 Å². The van der Waals surface area contributed by atoms with Crippen molar-refractivity contribution in [1.29, 1.82) is 0 Å². The minimum atomic E-state index is 0.231. The number of hydrogen-bond donors (Lipinski definition) is 1. The molecule has 0 bridgehead atoms. The maximum Gasteiger partial charge on any atom is 0.0615 e. The van der Waals surface area contributed by atoms with Crippen LogP contribution in [-0.4, -0.2) is 11.7 Å². The van der Waals surface area contributed by atoms with Crippen molar-refractivity contribution in [1.82, 2.24) is 0 Å². The van der Waals surface area contributed by atoms with Crippen molar-refractivity contribution in [3.63, 3.8) is 0 Å². The highest BCUT2D eigenvalue weighted by atomic mass is 16.2. The van der Waals surface area contributed by atoms with Crippen molar-refractivity contribution >= 4 is 0 Å². The summed E-state index contributed by atoms with van der Waals surface area (Å²) >= 11 is 0. The van der Waals surface area contributed by atoms with Crippen LogP contribution < -0.4 is 0 Å². The van der Waals surface area contributed by atoms with Crippen LogP contribution in [0.5, 0.6) is 0 Å². The molecule has 1 fully saturated rings. The third-order valence-electron chi connectivity index (χ3n) is 2.38. The third kappa shape index (κ3) is 3.57. The Morgan fingerprint density at radius 2 is 1.55 bits per heavy atom. The lowest BCUT2D eigenvalue weighted by Crippen LogP contribution is -1.92. The minimum absolute atomic E-state index is 0.231. The van der Waals surface area contributed by atoms with Gasteiger partial charge in [-0.05, 0) is 25.7 Å². The van der Waals surface area contributed by atoms with Crippen LogP contribution in [0.1, 0.15) is 44.9 Å². The van der Waals surface area contributed by atoms with Crippen molar-refractivity contribution in [2.45, 2.75) is 44.9 Å². The quantitative estimate of drug-likeness (QED) is 0.576. The lowest BCUT2D eigenvalue weighted by atomic mass is 9.96. The molecule has 64 valence electrons. The SMILES string of the molecule is OCC=C1CCCCCCC1. The van der Waals surface area contributed by atoms with Gasteiger partial charge in [-0.25, -0.2) is 0 Å². The van der Waals surface area contributed by atoms with Gasteiger partial charge in [-0.1, -0.05) is 30.9 Å². The molecular weight excluding hydrogens is 136 g/mol. The molecule has 1 nitrogen and oxygen atoms in total. The van der Waals surface area contributed by atoms with Crippen molar-refractivity contribution < 1.29 is 5.11 Å². The van der Waals surface area contributed by atoms with Crippen LogP contribution >= 0.6 is 0 Å². The third-order valence-corrected chi connectivity index (χ3v) is 2.38. The molecule has 0 radical (unpaired) electrons. The second-order valence-corrected chi connectivity index (χ2v) is 3.31. The summed E-state index contributed by atoms with van der Waals surface area (Å²) in [5.41, 5.74) is 1.48. The summed E-state index contributed by atoms with van der Waals surface area (Å²) in [7, 11) is 0. The van der Waals surface area contributed by atoms with E-state index in [0.29, 0.717) is 0 Å². The highest BCUT2D eigenvalue weighted by molar-refractivity contribution is 5.02. The second-order valence-electron chi connectivity index (χ2n) is 3.31. The maximum absolute atomic E-state index is 8.70. The van der Waals surface area contributed by atoms with Gasteiger partial charge >= 0.3 is 0 Å². The molecule has 0 heterocycles. The first-order valence-corrected chi connectivity index (χ1v) is 4.72. The minimum Gasteiger partial charge on any atom is -0.392 e. The Morgan fingerprint density at radius 1 is 1.00 bits per heavy atom. The molecule has 0 aromatic heterocycles. The van der Waals surface area contributed by atoms with Gasteiger partial charge in [-0.2, -0.15) is 0 Å². The fourth-order valence-corrected chi connectivity index (χ4v) is 1.69. The molecule has 1 aliphatic carbocycles. The molecule has 1 heteroatoms. The van der Waals surface area contributed by atoms with E-state index in [2.05, 4.69) is 0 Å². The Bertz CT molecular complexity index is 117. The van der Waals surface area contributed by atoms with Crippen LogP contribution in [0.2, 0.25) is 0 Å². The Hall–Kier alpha value is -0.300. The molecule has 1 rings (SSSR count). The standard InChI is InChI=1S/C10H18O/c11-9-8-10-6-4-2-1-3-5-7-10/h8,11H,1-7,9H2. The van der Waals surface area contributed by atoms with Crippen molar-refractivity contribution in [2.24, 2.45) is 0 Å². The normalized spacial score (nSPS) is 20.6. The van der Waals surface area contributed by atoms with E-state index >= 15 is 0 Å². The van der Waals surface area contributed by atoms with E-state index in [9.17, 15) is 0 Å². The summed E-state index contributed by atoms with van der Waals surface area (Å²) < 4.78 is 0. The highest BCUT2D eigenvalue weighted by Gasteiger charge is 2.01. The summed E-state index contributed by atoms with van der Waals surface area (Å²) in [6.07, 6.45) is 11.3. The van der Waals surface area contributed by atoms with Gasteiger partial charge in [0.1, 0.15) is 0 Å². The Kier molecular flexibility index (Phi) is 4.29. The van der Waals surface area contributed by atoms with Crippen molar-refractivity contribution in [3.8, 4) is 0 Å². The topological polar surface area (TPSA) is 20.2 Å². The molecule has 0 amide bonds. The molecule has 0 saturated heterocycles. The van der Waals surface area contributed by atoms with Gasteiger partial charge in [0.05, 0.1) is 6.61 Å². The number of aliphatic hydroxyl groups is 1.